The molecule has 21 heavy (non-hydrogen) atoms. The van der Waals surface area contributed by atoms with Crippen molar-refractivity contribution in [2.24, 2.45) is 0 Å². The normalized spacial score (nSPS) is 11.1. The summed E-state index contributed by atoms with van der Waals surface area (Å²) in [5, 5.41) is 4.00. The zero-order valence-corrected chi connectivity index (χ0v) is 14.4. The fourth-order valence-electron chi connectivity index (χ4n) is 2.40. The number of nitrogens with one attached hydrogen (secondary N) is 1. The van der Waals surface area contributed by atoms with Gasteiger partial charge in [-0.15, -0.1) is 0 Å². The van der Waals surface area contributed by atoms with Gasteiger partial charge in [-0.1, -0.05) is 32.4 Å². The number of anilines is 1. The highest BCUT2D eigenvalue weighted by molar-refractivity contribution is 6.31. The number of ether oxygens (including phenoxy) is 1. The van der Waals surface area contributed by atoms with Gasteiger partial charge in [0.15, 0.2) is 0 Å². The molecule has 0 aromatic carbocycles. The molecule has 1 aromatic heterocycles. The summed E-state index contributed by atoms with van der Waals surface area (Å²) < 4.78 is 5.24. The Kier molecular flexibility index (Phi) is 8.66. The van der Waals surface area contributed by atoms with Crippen LogP contribution in [0, 0.1) is 0 Å². The molecule has 0 aliphatic rings. The Labute approximate surface area is 133 Å². The molecule has 1 aromatic rings. The van der Waals surface area contributed by atoms with E-state index in [0.29, 0.717) is 19.2 Å². The maximum Gasteiger partial charge on any atom is 0.129 e. The lowest BCUT2D eigenvalue weighted by atomic mass is 10.1. The summed E-state index contributed by atoms with van der Waals surface area (Å²) in [6.45, 7) is 9.65. The molecule has 0 bridgehead atoms. The quantitative estimate of drug-likeness (QED) is 0.717. The molecule has 1 rings (SSSR count). The highest BCUT2D eigenvalue weighted by Gasteiger charge is 2.17. The molecule has 4 nitrogen and oxygen atoms in total. The highest BCUT2D eigenvalue weighted by Crippen LogP contribution is 2.22. The van der Waals surface area contributed by atoms with Crippen molar-refractivity contribution in [3.8, 4) is 0 Å². The summed E-state index contributed by atoms with van der Waals surface area (Å²) in [7, 11) is 1.73. The van der Waals surface area contributed by atoms with Gasteiger partial charge in [0.25, 0.3) is 0 Å². The second-order valence-electron chi connectivity index (χ2n) is 5.03. The zero-order chi connectivity index (χ0) is 15.7. The van der Waals surface area contributed by atoms with Crippen molar-refractivity contribution in [1.29, 1.82) is 0 Å². The van der Waals surface area contributed by atoms with E-state index in [0.717, 1.165) is 42.5 Å². The van der Waals surface area contributed by atoms with Crippen LogP contribution in [0.2, 0.25) is 5.02 Å². The van der Waals surface area contributed by atoms with E-state index in [-0.39, 0.29) is 0 Å². The smallest absolute Gasteiger partial charge is 0.129 e. The monoisotopic (exact) mass is 313 g/mol. The summed E-state index contributed by atoms with van der Waals surface area (Å²) >= 11 is 6.24. The van der Waals surface area contributed by atoms with Gasteiger partial charge in [-0.05, 0) is 31.5 Å². The van der Waals surface area contributed by atoms with Crippen molar-refractivity contribution in [1.82, 2.24) is 10.3 Å². The number of hydrogen-bond donors (Lipinski definition) is 1. The topological polar surface area (TPSA) is 37.4 Å². The van der Waals surface area contributed by atoms with Crippen LogP contribution in [0.5, 0.6) is 0 Å². The third-order valence-electron chi connectivity index (χ3n) is 3.66. The Morgan fingerprint density at radius 1 is 1.29 bits per heavy atom. The number of aromatic nitrogens is 1. The Hall–Kier alpha value is -0.840. The standard InChI is InChI=1S/C16H28ClN3O/c1-5-13(6-2)20(10-11-21-4)16-9-8-14(17)15(19-16)12-18-7-3/h8-9,13,18H,5-7,10-12H2,1-4H3. The fourth-order valence-corrected chi connectivity index (χ4v) is 2.58. The van der Waals surface area contributed by atoms with E-state index < -0.39 is 0 Å². The lowest BCUT2D eigenvalue weighted by Crippen LogP contribution is -2.38. The van der Waals surface area contributed by atoms with Crippen LogP contribution >= 0.6 is 11.6 Å². The largest absolute Gasteiger partial charge is 0.383 e. The van der Waals surface area contributed by atoms with E-state index in [1.807, 2.05) is 12.1 Å². The van der Waals surface area contributed by atoms with E-state index >= 15 is 0 Å². The predicted octanol–water partition coefficient (Wildman–Crippen LogP) is 3.49. The van der Waals surface area contributed by atoms with E-state index in [1.54, 1.807) is 7.11 Å². The lowest BCUT2D eigenvalue weighted by Gasteiger charge is -2.32. The molecule has 0 aliphatic heterocycles. The molecule has 0 fully saturated rings. The van der Waals surface area contributed by atoms with Gasteiger partial charge in [0.2, 0.25) is 0 Å². The van der Waals surface area contributed by atoms with Gasteiger partial charge < -0.3 is 15.0 Å². The van der Waals surface area contributed by atoms with Crippen LogP contribution in [0.25, 0.3) is 0 Å². The number of nitrogens with zero attached hydrogens (tertiary/aromatic N) is 2. The van der Waals surface area contributed by atoms with Crippen molar-refractivity contribution in [3.05, 3.63) is 22.8 Å². The van der Waals surface area contributed by atoms with Gasteiger partial charge in [-0.2, -0.15) is 0 Å². The molecule has 1 heterocycles. The van der Waals surface area contributed by atoms with Crippen LogP contribution in [0.3, 0.4) is 0 Å². The van der Waals surface area contributed by atoms with E-state index in [1.165, 1.54) is 0 Å². The number of pyridine rings is 1. The van der Waals surface area contributed by atoms with Gasteiger partial charge in [-0.25, -0.2) is 4.98 Å². The second-order valence-corrected chi connectivity index (χ2v) is 5.44. The van der Waals surface area contributed by atoms with Crippen LogP contribution in [0.1, 0.15) is 39.3 Å². The summed E-state index contributed by atoms with van der Waals surface area (Å²) in [6.07, 6.45) is 2.18. The maximum atomic E-state index is 6.24. The minimum absolute atomic E-state index is 0.473. The Bertz CT molecular complexity index is 411. The van der Waals surface area contributed by atoms with Crippen molar-refractivity contribution < 1.29 is 4.74 Å². The molecule has 0 radical (unpaired) electrons. The van der Waals surface area contributed by atoms with Gasteiger partial charge in [-0.3, -0.25) is 0 Å². The van der Waals surface area contributed by atoms with Crippen LogP contribution in [0.15, 0.2) is 12.1 Å². The lowest BCUT2D eigenvalue weighted by molar-refractivity contribution is 0.202. The SMILES string of the molecule is CCNCc1nc(N(CCOC)C(CC)CC)ccc1Cl. The van der Waals surface area contributed by atoms with Crippen LogP contribution < -0.4 is 10.2 Å². The fraction of sp³-hybridized carbons (Fsp3) is 0.688. The molecule has 0 amide bonds. The third kappa shape index (κ3) is 5.46. The van der Waals surface area contributed by atoms with Gasteiger partial charge in [0, 0.05) is 26.2 Å². The van der Waals surface area contributed by atoms with E-state index in [9.17, 15) is 0 Å². The Morgan fingerprint density at radius 2 is 2.00 bits per heavy atom. The predicted molar refractivity (Wildman–Crippen MR) is 90.2 cm³/mol. The molecule has 5 heteroatoms. The first-order chi connectivity index (χ1) is 10.2. The number of halogens is 1. The average molecular weight is 314 g/mol. The number of rotatable bonds is 10. The Balaban J connectivity index is 2.99. The van der Waals surface area contributed by atoms with Crippen LogP contribution in [-0.4, -0.2) is 37.8 Å². The van der Waals surface area contributed by atoms with Crippen molar-refractivity contribution in [2.45, 2.75) is 46.2 Å². The average Bonchev–Trinajstić information content (AvgIpc) is 2.51. The molecule has 0 unspecified atom stereocenters. The molecule has 120 valence electrons. The van der Waals surface area contributed by atoms with E-state index in [4.69, 9.17) is 21.3 Å². The molecular formula is C16H28ClN3O. The molecular weight excluding hydrogens is 286 g/mol. The minimum atomic E-state index is 0.473. The summed E-state index contributed by atoms with van der Waals surface area (Å²) in [4.78, 5) is 7.08. The van der Waals surface area contributed by atoms with Gasteiger partial charge in [0.05, 0.1) is 17.3 Å². The van der Waals surface area contributed by atoms with E-state index in [2.05, 4.69) is 31.0 Å². The zero-order valence-electron chi connectivity index (χ0n) is 13.7. The summed E-state index contributed by atoms with van der Waals surface area (Å²) in [5.74, 6) is 0.984. The summed E-state index contributed by atoms with van der Waals surface area (Å²) in [5.41, 5.74) is 0.907. The van der Waals surface area contributed by atoms with Crippen LogP contribution in [0.4, 0.5) is 5.82 Å². The number of hydrogen-bond acceptors (Lipinski definition) is 4. The highest BCUT2D eigenvalue weighted by atomic mass is 35.5. The number of methoxy groups -OCH3 is 1. The third-order valence-corrected chi connectivity index (χ3v) is 4.00. The molecule has 0 aliphatic carbocycles. The van der Waals surface area contributed by atoms with Crippen molar-refractivity contribution in [3.63, 3.8) is 0 Å². The van der Waals surface area contributed by atoms with Crippen molar-refractivity contribution >= 4 is 17.4 Å². The van der Waals surface area contributed by atoms with Gasteiger partial charge >= 0.3 is 0 Å². The molecule has 0 saturated carbocycles. The maximum absolute atomic E-state index is 6.24. The Morgan fingerprint density at radius 3 is 2.57 bits per heavy atom. The minimum Gasteiger partial charge on any atom is -0.383 e. The molecule has 0 spiro atoms. The first-order valence-corrected chi connectivity index (χ1v) is 8.17. The first kappa shape index (κ1) is 18.2. The molecule has 0 atom stereocenters. The van der Waals surface area contributed by atoms with Crippen LogP contribution in [-0.2, 0) is 11.3 Å². The van der Waals surface area contributed by atoms with Gasteiger partial charge in [0.1, 0.15) is 5.82 Å². The first-order valence-electron chi connectivity index (χ1n) is 7.79. The summed E-state index contributed by atoms with van der Waals surface area (Å²) in [6, 6.07) is 4.42. The second kappa shape index (κ2) is 9.98. The molecule has 0 saturated heterocycles. The molecule has 1 N–H and O–H groups in total. The van der Waals surface area contributed by atoms with Crippen molar-refractivity contribution in [2.75, 3.05) is 31.7 Å².